The molecule has 0 bridgehead atoms. The van der Waals surface area contributed by atoms with Crippen LogP contribution in [0.15, 0.2) is 35.0 Å². The predicted octanol–water partition coefficient (Wildman–Crippen LogP) is 3.80. The van der Waals surface area contributed by atoms with Crippen LogP contribution >= 0.6 is 11.3 Å². The smallest absolute Gasteiger partial charge is 0.233 e. The molecule has 0 saturated carbocycles. The monoisotopic (exact) mass is 381 g/mol. The molecule has 7 heteroatoms. The molecule has 3 aromatic rings. The first-order valence-electron chi connectivity index (χ1n) is 8.28. The van der Waals surface area contributed by atoms with Gasteiger partial charge in [-0.1, -0.05) is 0 Å². The van der Waals surface area contributed by atoms with Crippen molar-refractivity contribution < 1.29 is 14.6 Å². The lowest BCUT2D eigenvalue weighted by atomic mass is 9.93. The fraction of sp³-hybridized carbons (Fsp3) is 0.250. The number of aliphatic hydroxyl groups excluding tert-OH is 1. The van der Waals surface area contributed by atoms with Crippen molar-refractivity contribution in [2.24, 2.45) is 5.41 Å². The van der Waals surface area contributed by atoms with Crippen LogP contribution in [-0.2, 0) is 4.79 Å². The van der Waals surface area contributed by atoms with Gasteiger partial charge >= 0.3 is 0 Å². The number of nitrogens with zero attached hydrogens (tertiary/aromatic N) is 2. The molecule has 0 unspecified atom stereocenters. The van der Waals surface area contributed by atoms with E-state index in [2.05, 4.69) is 16.4 Å². The zero-order chi connectivity index (χ0) is 19.6. The van der Waals surface area contributed by atoms with Crippen LogP contribution in [0.5, 0.6) is 5.75 Å². The van der Waals surface area contributed by atoms with Crippen LogP contribution in [0.4, 0.5) is 5.82 Å². The van der Waals surface area contributed by atoms with E-state index >= 15 is 0 Å². The van der Waals surface area contributed by atoms with E-state index in [-0.39, 0.29) is 18.0 Å². The van der Waals surface area contributed by atoms with E-state index in [1.165, 1.54) is 0 Å². The van der Waals surface area contributed by atoms with E-state index < -0.39 is 11.3 Å². The zero-order valence-electron chi connectivity index (χ0n) is 15.2. The highest BCUT2D eigenvalue weighted by Crippen LogP contribution is 2.36. The normalized spacial score (nSPS) is 11.2. The third kappa shape index (κ3) is 3.50. The fourth-order valence-electron chi connectivity index (χ4n) is 2.60. The van der Waals surface area contributed by atoms with E-state index in [4.69, 9.17) is 4.74 Å². The molecule has 3 rings (SSSR count). The van der Waals surface area contributed by atoms with Gasteiger partial charge in [-0.05, 0) is 60.0 Å². The SMILES string of the molecule is COc1ccc(-c2ccsc2)c2cc(C#N)c(NC(=O)C(C)(C)CO)nc12. The van der Waals surface area contributed by atoms with Gasteiger partial charge in [0.05, 0.1) is 24.7 Å². The number of ether oxygens (including phenoxy) is 1. The van der Waals surface area contributed by atoms with Crippen LogP contribution in [0, 0.1) is 16.7 Å². The minimum atomic E-state index is -0.994. The van der Waals surface area contributed by atoms with E-state index in [1.54, 1.807) is 38.4 Å². The van der Waals surface area contributed by atoms with Crippen LogP contribution < -0.4 is 10.1 Å². The first-order valence-corrected chi connectivity index (χ1v) is 9.22. The van der Waals surface area contributed by atoms with Gasteiger partial charge in [-0.3, -0.25) is 4.79 Å². The Balaban J connectivity index is 2.20. The molecule has 2 heterocycles. The Morgan fingerprint density at radius 2 is 2.19 bits per heavy atom. The van der Waals surface area contributed by atoms with E-state index in [9.17, 15) is 15.2 Å². The predicted molar refractivity (Wildman–Crippen MR) is 106 cm³/mol. The molecule has 27 heavy (non-hydrogen) atoms. The maximum Gasteiger partial charge on any atom is 0.233 e. The molecule has 0 aliphatic heterocycles. The molecule has 0 saturated heterocycles. The molecule has 0 aliphatic carbocycles. The van der Waals surface area contributed by atoms with Gasteiger partial charge < -0.3 is 15.2 Å². The molecule has 0 fully saturated rings. The van der Waals surface area contributed by atoms with Crippen LogP contribution in [0.25, 0.3) is 22.0 Å². The molecule has 1 aromatic carbocycles. The summed E-state index contributed by atoms with van der Waals surface area (Å²) in [7, 11) is 1.55. The number of pyridine rings is 1. The number of thiophene rings is 1. The number of aliphatic hydroxyl groups is 1. The maximum absolute atomic E-state index is 12.4. The van der Waals surface area contributed by atoms with E-state index in [0.717, 1.165) is 16.5 Å². The summed E-state index contributed by atoms with van der Waals surface area (Å²) in [6.45, 7) is 2.91. The van der Waals surface area contributed by atoms with Crippen molar-refractivity contribution in [3.05, 3.63) is 40.6 Å². The molecule has 0 aliphatic rings. The van der Waals surface area contributed by atoms with Crippen molar-refractivity contribution in [2.75, 3.05) is 19.0 Å². The number of nitrogens with one attached hydrogen (secondary N) is 1. The standard InChI is InChI=1S/C20H19N3O3S/c1-20(2,11-24)19(25)23-18-13(9-21)8-15-14(12-6-7-27-10-12)4-5-16(26-3)17(15)22-18/h4-8,10,24H,11H2,1-3H3,(H,22,23,25). The summed E-state index contributed by atoms with van der Waals surface area (Å²) in [5, 5.41) is 26.4. The van der Waals surface area contributed by atoms with Gasteiger partial charge in [-0.2, -0.15) is 16.6 Å². The average Bonchev–Trinajstić information content (AvgIpc) is 3.20. The highest BCUT2D eigenvalue weighted by atomic mass is 32.1. The Hall–Kier alpha value is -2.95. The van der Waals surface area contributed by atoms with Gasteiger partial charge in [0.2, 0.25) is 5.91 Å². The second-order valence-corrected chi connectivity index (χ2v) is 7.50. The van der Waals surface area contributed by atoms with Crippen molar-refractivity contribution >= 4 is 34.0 Å². The lowest BCUT2D eigenvalue weighted by Gasteiger charge is -2.21. The Kier molecular flexibility index (Phi) is 5.13. The fourth-order valence-corrected chi connectivity index (χ4v) is 3.25. The summed E-state index contributed by atoms with van der Waals surface area (Å²) in [6, 6.07) is 9.55. The number of hydrogen-bond acceptors (Lipinski definition) is 6. The number of carbonyl (C=O) groups excluding carboxylic acids is 1. The third-order valence-electron chi connectivity index (χ3n) is 4.36. The molecular formula is C20H19N3O3S. The minimum Gasteiger partial charge on any atom is -0.494 e. The van der Waals surface area contributed by atoms with Gasteiger partial charge in [0, 0.05) is 5.39 Å². The molecular weight excluding hydrogens is 362 g/mol. The minimum absolute atomic E-state index is 0.150. The number of rotatable bonds is 5. The van der Waals surface area contributed by atoms with Crippen molar-refractivity contribution in [1.82, 2.24) is 4.98 Å². The lowest BCUT2D eigenvalue weighted by Crippen LogP contribution is -2.34. The summed E-state index contributed by atoms with van der Waals surface area (Å²) in [6.07, 6.45) is 0. The van der Waals surface area contributed by atoms with Crippen LogP contribution in [-0.4, -0.2) is 29.7 Å². The maximum atomic E-state index is 12.4. The number of fused-ring (bicyclic) bond motifs is 1. The molecule has 0 spiro atoms. The summed E-state index contributed by atoms with van der Waals surface area (Å²) >= 11 is 1.58. The number of anilines is 1. The highest BCUT2D eigenvalue weighted by molar-refractivity contribution is 7.08. The summed E-state index contributed by atoms with van der Waals surface area (Å²) in [5.41, 5.74) is 1.76. The number of carbonyl (C=O) groups is 1. The Morgan fingerprint density at radius 3 is 2.78 bits per heavy atom. The van der Waals surface area contributed by atoms with Crippen molar-refractivity contribution in [2.45, 2.75) is 13.8 Å². The van der Waals surface area contributed by atoms with Gasteiger partial charge in [0.15, 0.2) is 5.82 Å². The average molecular weight is 381 g/mol. The molecule has 2 aromatic heterocycles. The second-order valence-electron chi connectivity index (χ2n) is 6.72. The molecule has 6 nitrogen and oxygen atoms in total. The molecule has 0 radical (unpaired) electrons. The Morgan fingerprint density at radius 1 is 1.41 bits per heavy atom. The van der Waals surface area contributed by atoms with Crippen molar-refractivity contribution in [3.63, 3.8) is 0 Å². The molecule has 0 atom stereocenters. The highest BCUT2D eigenvalue weighted by Gasteiger charge is 2.28. The summed E-state index contributed by atoms with van der Waals surface area (Å²) in [5.74, 6) is 0.281. The Bertz CT molecular complexity index is 1040. The number of benzene rings is 1. The number of amides is 1. The van der Waals surface area contributed by atoms with Crippen LogP contribution in [0.2, 0.25) is 0 Å². The van der Waals surface area contributed by atoms with Gasteiger partial charge in [0.25, 0.3) is 0 Å². The Labute approximate surface area is 161 Å². The molecule has 2 N–H and O–H groups in total. The topological polar surface area (TPSA) is 95.2 Å². The zero-order valence-corrected chi connectivity index (χ0v) is 16.1. The largest absolute Gasteiger partial charge is 0.494 e. The van der Waals surface area contributed by atoms with Crippen LogP contribution in [0.3, 0.4) is 0 Å². The second kappa shape index (κ2) is 7.35. The number of aromatic nitrogens is 1. The quantitative estimate of drug-likeness (QED) is 0.701. The van der Waals surface area contributed by atoms with Gasteiger partial charge in [-0.15, -0.1) is 0 Å². The van der Waals surface area contributed by atoms with Crippen molar-refractivity contribution in [3.8, 4) is 22.9 Å². The third-order valence-corrected chi connectivity index (χ3v) is 5.05. The molecule has 138 valence electrons. The number of methoxy groups -OCH3 is 1. The first kappa shape index (κ1) is 18.8. The number of hydrogen-bond donors (Lipinski definition) is 2. The van der Waals surface area contributed by atoms with E-state index in [1.807, 2.05) is 29.0 Å². The summed E-state index contributed by atoms with van der Waals surface area (Å²) < 4.78 is 5.43. The van der Waals surface area contributed by atoms with E-state index in [0.29, 0.717) is 11.3 Å². The van der Waals surface area contributed by atoms with Crippen LogP contribution in [0.1, 0.15) is 19.4 Å². The first-order chi connectivity index (χ1) is 12.9. The lowest BCUT2D eigenvalue weighted by molar-refractivity contribution is -0.125. The molecule has 1 amide bonds. The summed E-state index contributed by atoms with van der Waals surface area (Å²) in [4.78, 5) is 16.9. The van der Waals surface area contributed by atoms with Gasteiger partial charge in [-0.25, -0.2) is 4.98 Å². The van der Waals surface area contributed by atoms with Crippen molar-refractivity contribution in [1.29, 1.82) is 5.26 Å². The number of nitriles is 1. The van der Waals surface area contributed by atoms with Gasteiger partial charge in [0.1, 0.15) is 17.3 Å².